The van der Waals surface area contributed by atoms with Gasteiger partial charge in [-0.25, -0.2) is 0 Å². The average Bonchev–Trinajstić information content (AvgIpc) is 2.33. The van der Waals surface area contributed by atoms with Crippen molar-refractivity contribution >= 4 is 11.4 Å². The maximum atomic E-state index is 10.8. The summed E-state index contributed by atoms with van der Waals surface area (Å²) in [5.74, 6) is 0. The highest BCUT2D eigenvalue weighted by Crippen LogP contribution is 2.26. The smallest absolute Gasteiger partial charge is 0.274 e. The Morgan fingerprint density at radius 3 is 3.00 bits per heavy atom. The molecule has 0 radical (unpaired) electrons. The first kappa shape index (κ1) is 11.9. The van der Waals surface area contributed by atoms with Gasteiger partial charge >= 0.3 is 0 Å². The summed E-state index contributed by atoms with van der Waals surface area (Å²) in [6, 6.07) is 5.36. The molecule has 1 atom stereocenters. The lowest BCUT2D eigenvalue weighted by molar-refractivity contribution is -0.385. The van der Waals surface area contributed by atoms with Crippen LogP contribution in [0, 0.1) is 17.0 Å². The zero-order valence-electron chi connectivity index (χ0n) is 9.81. The number of nitro groups is 1. The van der Waals surface area contributed by atoms with Crippen LogP contribution in [0.4, 0.5) is 11.4 Å². The van der Waals surface area contributed by atoms with Gasteiger partial charge in [0.25, 0.3) is 5.69 Å². The van der Waals surface area contributed by atoms with E-state index in [0.717, 1.165) is 25.1 Å². The fourth-order valence-corrected chi connectivity index (χ4v) is 2.05. The molecular formula is C12H16N2O3. The van der Waals surface area contributed by atoms with E-state index in [0.29, 0.717) is 12.2 Å². The number of nitrogens with zero attached hydrogens (tertiary/aromatic N) is 1. The van der Waals surface area contributed by atoms with Crippen molar-refractivity contribution in [1.82, 2.24) is 0 Å². The number of nitro benzene ring substituents is 1. The molecule has 0 amide bonds. The summed E-state index contributed by atoms with van der Waals surface area (Å²) in [7, 11) is 0. The van der Waals surface area contributed by atoms with Crippen LogP contribution in [0.5, 0.6) is 0 Å². The number of ether oxygens (including phenoxy) is 1. The highest BCUT2D eigenvalue weighted by atomic mass is 16.6. The molecule has 0 bridgehead atoms. The van der Waals surface area contributed by atoms with Crippen LogP contribution in [0.15, 0.2) is 18.2 Å². The molecule has 1 N–H and O–H groups in total. The van der Waals surface area contributed by atoms with E-state index in [1.54, 1.807) is 13.0 Å². The van der Waals surface area contributed by atoms with Gasteiger partial charge in [-0.15, -0.1) is 0 Å². The van der Waals surface area contributed by atoms with Crippen LogP contribution in [0.1, 0.15) is 18.4 Å². The average molecular weight is 236 g/mol. The lowest BCUT2D eigenvalue weighted by Gasteiger charge is -2.24. The Hall–Kier alpha value is -1.62. The summed E-state index contributed by atoms with van der Waals surface area (Å²) < 4.78 is 5.38. The van der Waals surface area contributed by atoms with Crippen LogP contribution in [0.25, 0.3) is 0 Å². The van der Waals surface area contributed by atoms with Gasteiger partial charge in [0.15, 0.2) is 0 Å². The first-order chi connectivity index (χ1) is 8.18. The van der Waals surface area contributed by atoms with Crippen LogP contribution in [0.3, 0.4) is 0 Å². The summed E-state index contributed by atoms with van der Waals surface area (Å²) >= 11 is 0. The van der Waals surface area contributed by atoms with Crippen molar-refractivity contribution in [2.45, 2.75) is 25.8 Å². The van der Waals surface area contributed by atoms with Crippen LogP contribution >= 0.6 is 0 Å². The summed E-state index contributed by atoms with van der Waals surface area (Å²) in [5, 5.41) is 14.1. The van der Waals surface area contributed by atoms with E-state index in [1.807, 2.05) is 6.07 Å². The van der Waals surface area contributed by atoms with Gasteiger partial charge in [-0.1, -0.05) is 6.07 Å². The van der Waals surface area contributed by atoms with Crippen molar-refractivity contribution < 1.29 is 9.66 Å². The third-order valence-electron chi connectivity index (χ3n) is 3.02. The third-order valence-corrected chi connectivity index (χ3v) is 3.02. The van der Waals surface area contributed by atoms with Gasteiger partial charge in [0.1, 0.15) is 0 Å². The maximum Gasteiger partial charge on any atom is 0.274 e. The minimum atomic E-state index is -0.349. The minimum Gasteiger partial charge on any atom is -0.380 e. The molecule has 1 aromatic carbocycles. The Kier molecular flexibility index (Phi) is 3.58. The number of anilines is 1. The topological polar surface area (TPSA) is 64.4 Å². The largest absolute Gasteiger partial charge is 0.380 e. The molecule has 0 saturated carbocycles. The molecule has 2 rings (SSSR count). The second-order valence-electron chi connectivity index (χ2n) is 4.27. The fraction of sp³-hybridized carbons (Fsp3) is 0.500. The first-order valence-corrected chi connectivity index (χ1v) is 5.77. The van der Waals surface area contributed by atoms with Crippen LogP contribution in [0.2, 0.25) is 0 Å². The summed E-state index contributed by atoms with van der Waals surface area (Å²) in [4.78, 5) is 10.5. The first-order valence-electron chi connectivity index (χ1n) is 5.77. The van der Waals surface area contributed by atoms with Crippen molar-refractivity contribution in [2.75, 3.05) is 18.5 Å². The molecule has 1 aliphatic heterocycles. The molecule has 1 aromatic rings. The number of nitrogens with one attached hydrogen (secondary N) is 1. The molecule has 5 heteroatoms. The van der Waals surface area contributed by atoms with Gasteiger partial charge in [-0.2, -0.15) is 0 Å². The second kappa shape index (κ2) is 5.14. The van der Waals surface area contributed by atoms with E-state index in [-0.39, 0.29) is 16.7 Å². The van der Waals surface area contributed by atoms with Gasteiger partial charge < -0.3 is 10.1 Å². The molecular weight excluding hydrogens is 220 g/mol. The van der Waals surface area contributed by atoms with Gasteiger partial charge in [0.05, 0.1) is 11.5 Å². The molecule has 92 valence electrons. The van der Waals surface area contributed by atoms with Crippen molar-refractivity contribution in [3.63, 3.8) is 0 Å². The molecule has 0 aromatic heterocycles. The van der Waals surface area contributed by atoms with E-state index in [1.165, 1.54) is 6.07 Å². The van der Waals surface area contributed by atoms with E-state index in [2.05, 4.69) is 5.32 Å². The number of hydrogen-bond donors (Lipinski definition) is 1. The molecule has 1 unspecified atom stereocenters. The summed E-state index contributed by atoms with van der Waals surface area (Å²) in [6.07, 6.45) is 2.08. The Balaban J connectivity index is 2.15. The maximum absolute atomic E-state index is 10.8. The Morgan fingerprint density at radius 1 is 1.53 bits per heavy atom. The van der Waals surface area contributed by atoms with Gasteiger partial charge in [0.2, 0.25) is 0 Å². The SMILES string of the molecule is Cc1c(NC2CCCOC2)cccc1[N+](=O)[O-]. The van der Waals surface area contributed by atoms with Crippen molar-refractivity contribution in [2.24, 2.45) is 0 Å². The molecule has 1 fully saturated rings. The van der Waals surface area contributed by atoms with Gasteiger partial charge in [-0.05, 0) is 25.8 Å². The zero-order valence-corrected chi connectivity index (χ0v) is 9.81. The van der Waals surface area contributed by atoms with Crippen LogP contribution in [-0.2, 0) is 4.74 Å². The third kappa shape index (κ3) is 2.74. The number of rotatable bonds is 3. The van der Waals surface area contributed by atoms with E-state index >= 15 is 0 Å². The van der Waals surface area contributed by atoms with Gasteiger partial charge in [-0.3, -0.25) is 10.1 Å². The molecule has 1 heterocycles. The van der Waals surface area contributed by atoms with E-state index in [4.69, 9.17) is 4.74 Å². The molecule has 0 spiro atoms. The highest BCUT2D eigenvalue weighted by molar-refractivity contribution is 5.60. The molecule has 1 aliphatic rings. The number of benzene rings is 1. The molecule has 5 nitrogen and oxygen atoms in total. The lowest BCUT2D eigenvalue weighted by atomic mass is 10.1. The Bertz CT molecular complexity index is 414. The fourth-order valence-electron chi connectivity index (χ4n) is 2.05. The molecule has 17 heavy (non-hydrogen) atoms. The predicted octanol–water partition coefficient (Wildman–Crippen LogP) is 2.49. The summed E-state index contributed by atoms with van der Waals surface area (Å²) in [5.41, 5.74) is 1.67. The molecule has 1 saturated heterocycles. The zero-order chi connectivity index (χ0) is 12.3. The molecule has 0 aliphatic carbocycles. The predicted molar refractivity (Wildman–Crippen MR) is 65.3 cm³/mol. The van der Waals surface area contributed by atoms with Crippen molar-refractivity contribution in [3.05, 3.63) is 33.9 Å². The lowest BCUT2D eigenvalue weighted by Crippen LogP contribution is -2.30. The quantitative estimate of drug-likeness (QED) is 0.647. The van der Waals surface area contributed by atoms with Crippen molar-refractivity contribution in [3.8, 4) is 0 Å². The van der Waals surface area contributed by atoms with Gasteiger partial charge in [0, 0.05) is 30.0 Å². The van der Waals surface area contributed by atoms with Crippen molar-refractivity contribution in [1.29, 1.82) is 0 Å². The highest BCUT2D eigenvalue weighted by Gasteiger charge is 2.17. The standard InChI is InChI=1S/C12H16N2O3/c1-9-11(5-2-6-12(9)14(15)16)13-10-4-3-7-17-8-10/h2,5-6,10,13H,3-4,7-8H2,1H3. The van der Waals surface area contributed by atoms with Crippen LogP contribution in [-0.4, -0.2) is 24.2 Å². The van der Waals surface area contributed by atoms with E-state index < -0.39 is 0 Å². The number of hydrogen-bond acceptors (Lipinski definition) is 4. The Morgan fingerprint density at radius 2 is 2.35 bits per heavy atom. The monoisotopic (exact) mass is 236 g/mol. The summed E-state index contributed by atoms with van der Waals surface area (Å²) in [6.45, 7) is 3.25. The second-order valence-corrected chi connectivity index (χ2v) is 4.27. The minimum absolute atomic E-state index is 0.159. The normalized spacial score (nSPS) is 19.9. The van der Waals surface area contributed by atoms with E-state index in [9.17, 15) is 10.1 Å². The Labute approximate surface area is 99.9 Å². The van der Waals surface area contributed by atoms with Crippen LogP contribution < -0.4 is 5.32 Å².